The topological polar surface area (TPSA) is 44.4 Å². The quantitative estimate of drug-likeness (QED) is 0.738. The molecule has 1 amide bonds. The molecule has 0 spiro atoms. The number of rotatable bonds is 7. The number of amides is 1. The van der Waals surface area contributed by atoms with Gasteiger partial charge < -0.3 is 15.5 Å². The summed E-state index contributed by atoms with van der Waals surface area (Å²) in [5, 5.41) is 6.41. The first kappa shape index (κ1) is 16.4. The highest BCUT2D eigenvalue weighted by atomic mass is 16.2. The van der Waals surface area contributed by atoms with Crippen molar-refractivity contribution in [3.05, 3.63) is 0 Å². The first-order valence-electron chi connectivity index (χ1n) is 7.84. The second kappa shape index (κ2) is 8.54. The Morgan fingerprint density at radius 3 is 2.74 bits per heavy atom. The van der Waals surface area contributed by atoms with Crippen molar-refractivity contribution < 1.29 is 4.79 Å². The number of carbonyl (C=O) groups is 1. The Bertz CT molecular complexity index is 270. The van der Waals surface area contributed by atoms with Crippen molar-refractivity contribution in [1.29, 1.82) is 0 Å². The van der Waals surface area contributed by atoms with E-state index in [-0.39, 0.29) is 11.9 Å². The van der Waals surface area contributed by atoms with E-state index in [1.54, 1.807) is 0 Å². The van der Waals surface area contributed by atoms with Crippen LogP contribution in [0.3, 0.4) is 0 Å². The molecule has 3 atom stereocenters. The first-order valence-corrected chi connectivity index (χ1v) is 7.84. The Morgan fingerprint density at radius 2 is 2.11 bits per heavy atom. The molecule has 0 aliphatic carbocycles. The van der Waals surface area contributed by atoms with Crippen molar-refractivity contribution in [1.82, 2.24) is 15.5 Å². The van der Waals surface area contributed by atoms with Crippen LogP contribution in [0.2, 0.25) is 0 Å². The Morgan fingerprint density at radius 1 is 1.37 bits per heavy atom. The largest absolute Gasteiger partial charge is 0.355 e. The van der Waals surface area contributed by atoms with Crippen LogP contribution in [-0.4, -0.2) is 49.1 Å². The molecule has 4 nitrogen and oxygen atoms in total. The predicted molar refractivity (Wildman–Crippen MR) is 80.2 cm³/mol. The van der Waals surface area contributed by atoms with Crippen LogP contribution in [0.15, 0.2) is 0 Å². The van der Waals surface area contributed by atoms with Crippen LogP contribution in [-0.2, 0) is 4.79 Å². The third-order valence-electron chi connectivity index (χ3n) is 4.15. The summed E-state index contributed by atoms with van der Waals surface area (Å²) in [6.45, 7) is 12.8. The van der Waals surface area contributed by atoms with Gasteiger partial charge in [-0.2, -0.15) is 0 Å². The SMILES string of the molecule is CCCNC(=O)C(C)NC(C)C1CCCN(CC)C1. The minimum atomic E-state index is -0.0986. The van der Waals surface area contributed by atoms with Gasteiger partial charge in [0.15, 0.2) is 0 Å². The van der Waals surface area contributed by atoms with E-state index in [9.17, 15) is 4.79 Å². The van der Waals surface area contributed by atoms with Crippen molar-refractivity contribution in [2.45, 2.75) is 59.0 Å². The van der Waals surface area contributed by atoms with E-state index in [0.29, 0.717) is 12.0 Å². The molecule has 0 radical (unpaired) electrons. The highest BCUT2D eigenvalue weighted by molar-refractivity contribution is 5.81. The molecule has 19 heavy (non-hydrogen) atoms. The lowest BCUT2D eigenvalue weighted by molar-refractivity contribution is -0.123. The van der Waals surface area contributed by atoms with Gasteiger partial charge in [0.1, 0.15) is 0 Å². The minimum Gasteiger partial charge on any atom is -0.355 e. The Balaban J connectivity index is 2.36. The molecule has 1 rings (SSSR count). The second-order valence-electron chi connectivity index (χ2n) is 5.76. The summed E-state index contributed by atoms with van der Waals surface area (Å²) < 4.78 is 0. The van der Waals surface area contributed by atoms with Gasteiger partial charge in [-0.3, -0.25) is 4.79 Å². The zero-order valence-electron chi connectivity index (χ0n) is 13.0. The highest BCUT2D eigenvalue weighted by Crippen LogP contribution is 2.19. The Hall–Kier alpha value is -0.610. The number of carbonyl (C=O) groups excluding carboxylic acids is 1. The number of nitrogens with zero attached hydrogens (tertiary/aromatic N) is 1. The molecule has 2 N–H and O–H groups in total. The molecule has 0 aromatic heterocycles. The molecule has 112 valence electrons. The van der Waals surface area contributed by atoms with Crippen LogP contribution in [0.4, 0.5) is 0 Å². The molecule has 1 aliphatic heterocycles. The summed E-state index contributed by atoms with van der Waals surface area (Å²) in [6.07, 6.45) is 3.54. The van der Waals surface area contributed by atoms with Crippen LogP contribution >= 0.6 is 0 Å². The predicted octanol–water partition coefficient (Wildman–Crippen LogP) is 1.61. The molecule has 3 unspecified atom stereocenters. The van der Waals surface area contributed by atoms with Crippen molar-refractivity contribution in [3.63, 3.8) is 0 Å². The maximum absolute atomic E-state index is 11.9. The van der Waals surface area contributed by atoms with Crippen molar-refractivity contribution in [2.75, 3.05) is 26.2 Å². The maximum atomic E-state index is 11.9. The van der Waals surface area contributed by atoms with Crippen LogP contribution in [0, 0.1) is 5.92 Å². The fraction of sp³-hybridized carbons (Fsp3) is 0.933. The minimum absolute atomic E-state index is 0.0986. The average Bonchev–Trinajstić information content (AvgIpc) is 2.44. The summed E-state index contributed by atoms with van der Waals surface area (Å²) in [5.74, 6) is 0.784. The summed E-state index contributed by atoms with van der Waals surface area (Å²) in [7, 11) is 0. The monoisotopic (exact) mass is 269 g/mol. The molecule has 1 saturated heterocycles. The van der Waals surface area contributed by atoms with E-state index in [1.807, 2.05) is 6.92 Å². The Labute approximate surface area is 118 Å². The molecule has 1 aliphatic rings. The molecule has 0 aromatic carbocycles. The zero-order valence-corrected chi connectivity index (χ0v) is 13.0. The van der Waals surface area contributed by atoms with Gasteiger partial charge in [0.25, 0.3) is 0 Å². The van der Waals surface area contributed by atoms with E-state index in [0.717, 1.165) is 26.1 Å². The standard InChI is InChI=1S/C15H31N3O/c1-5-9-16-15(19)13(4)17-12(3)14-8-7-10-18(6-2)11-14/h12-14,17H,5-11H2,1-4H3,(H,16,19). The molecule has 1 fully saturated rings. The molecule has 0 aromatic rings. The van der Waals surface area contributed by atoms with E-state index in [4.69, 9.17) is 0 Å². The lowest BCUT2D eigenvalue weighted by atomic mass is 9.91. The Kier molecular flexibility index (Phi) is 7.39. The number of nitrogens with one attached hydrogen (secondary N) is 2. The van der Waals surface area contributed by atoms with Gasteiger partial charge in [0, 0.05) is 19.1 Å². The zero-order chi connectivity index (χ0) is 14.3. The van der Waals surface area contributed by atoms with Gasteiger partial charge in [-0.25, -0.2) is 0 Å². The number of hydrogen-bond acceptors (Lipinski definition) is 3. The molecular weight excluding hydrogens is 238 g/mol. The summed E-state index contributed by atoms with van der Waals surface area (Å²) >= 11 is 0. The fourth-order valence-corrected chi connectivity index (χ4v) is 2.79. The van der Waals surface area contributed by atoms with Gasteiger partial charge in [-0.05, 0) is 52.1 Å². The van der Waals surface area contributed by atoms with Crippen molar-refractivity contribution in [3.8, 4) is 0 Å². The maximum Gasteiger partial charge on any atom is 0.236 e. The van der Waals surface area contributed by atoms with Crippen LogP contribution in [0.25, 0.3) is 0 Å². The molecule has 4 heteroatoms. The number of likely N-dealkylation sites (tertiary alicyclic amines) is 1. The van der Waals surface area contributed by atoms with Gasteiger partial charge in [-0.15, -0.1) is 0 Å². The summed E-state index contributed by atoms with van der Waals surface area (Å²) in [5.41, 5.74) is 0. The van der Waals surface area contributed by atoms with Crippen molar-refractivity contribution in [2.24, 2.45) is 5.92 Å². The third-order valence-corrected chi connectivity index (χ3v) is 4.15. The molecular formula is C15H31N3O. The van der Waals surface area contributed by atoms with Crippen LogP contribution < -0.4 is 10.6 Å². The van der Waals surface area contributed by atoms with Gasteiger partial charge in [0.2, 0.25) is 5.91 Å². The van der Waals surface area contributed by atoms with Crippen LogP contribution in [0.5, 0.6) is 0 Å². The normalized spacial score (nSPS) is 23.9. The second-order valence-corrected chi connectivity index (χ2v) is 5.76. The van der Waals surface area contributed by atoms with Gasteiger partial charge in [0.05, 0.1) is 6.04 Å². The average molecular weight is 269 g/mol. The summed E-state index contributed by atoms with van der Waals surface area (Å²) in [4.78, 5) is 14.4. The number of piperidine rings is 1. The first-order chi connectivity index (χ1) is 9.08. The summed E-state index contributed by atoms with van der Waals surface area (Å²) in [6, 6.07) is 0.301. The van der Waals surface area contributed by atoms with Crippen LogP contribution in [0.1, 0.15) is 47.0 Å². The van der Waals surface area contributed by atoms with E-state index < -0.39 is 0 Å². The third kappa shape index (κ3) is 5.49. The molecule has 0 saturated carbocycles. The van der Waals surface area contributed by atoms with E-state index in [1.165, 1.54) is 19.4 Å². The fourth-order valence-electron chi connectivity index (χ4n) is 2.79. The lowest BCUT2D eigenvalue weighted by Gasteiger charge is -2.36. The van der Waals surface area contributed by atoms with Gasteiger partial charge in [-0.1, -0.05) is 13.8 Å². The van der Waals surface area contributed by atoms with E-state index >= 15 is 0 Å². The lowest BCUT2D eigenvalue weighted by Crippen LogP contribution is -2.51. The van der Waals surface area contributed by atoms with Crippen molar-refractivity contribution >= 4 is 5.91 Å². The molecule has 1 heterocycles. The smallest absolute Gasteiger partial charge is 0.236 e. The van der Waals surface area contributed by atoms with E-state index in [2.05, 4.69) is 36.3 Å². The van der Waals surface area contributed by atoms with Gasteiger partial charge >= 0.3 is 0 Å². The highest BCUT2D eigenvalue weighted by Gasteiger charge is 2.25. The molecule has 0 bridgehead atoms. The number of hydrogen-bond donors (Lipinski definition) is 2.